The van der Waals surface area contributed by atoms with Crippen LogP contribution in [0.1, 0.15) is 55.2 Å². The largest absolute Gasteiger partial charge is 0.490 e. The molecule has 128 valence electrons. The van der Waals surface area contributed by atoms with Crippen molar-refractivity contribution < 1.29 is 9.84 Å². The minimum Gasteiger partial charge on any atom is -0.490 e. The van der Waals surface area contributed by atoms with E-state index < -0.39 is 6.10 Å². The molecule has 3 heteroatoms. The van der Waals surface area contributed by atoms with Crippen molar-refractivity contribution in [3.05, 3.63) is 64.7 Å². The van der Waals surface area contributed by atoms with Gasteiger partial charge < -0.3 is 15.2 Å². The van der Waals surface area contributed by atoms with Crippen LogP contribution in [0, 0.1) is 0 Å². The van der Waals surface area contributed by atoms with Gasteiger partial charge in [0.25, 0.3) is 0 Å². The molecule has 0 spiro atoms. The van der Waals surface area contributed by atoms with Gasteiger partial charge in [0.1, 0.15) is 11.9 Å². The fourth-order valence-corrected chi connectivity index (χ4v) is 3.21. The highest BCUT2D eigenvalue weighted by molar-refractivity contribution is 5.41. The lowest BCUT2D eigenvalue weighted by Crippen LogP contribution is -2.24. The van der Waals surface area contributed by atoms with Gasteiger partial charge in [0, 0.05) is 19.0 Å². The summed E-state index contributed by atoms with van der Waals surface area (Å²) in [6.45, 7) is 6.91. The average Bonchev–Trinajstić information content (AvgIpc) is 2.98. The van der Waals surface area contributed by atoms with E-state index in [0.717, 1.165) is 24.2 Å². The van der Waals surface area contributed by atoms with Crippen molar-refractivity contribution in [3.63, 3.8) is 0 Å². The fourth-order valence-electron chi connectivity index (χ4n) is 3.21. The van der Waals surface area contributed by atoms with E-state index in [0.29, 0.717) is 6.54 Å². The molecule has 2 unspecified atom stereocenters. The Morgan fingerprint density at radius 3 is 2.58 bits per heavy atom. The van der Waals surface area contributed by atoms with E-state index in [9.17, 15) is 5.11 Å². The van der Waals surface area contributed by atoms with Crippen LogP contribution in [0.5, 0.6) is 5.75 Å². The summed E-state index contributed by atoms with van der Waals surface area (Å²) < 4.78 is 5.76. The standard InChI is InChI=1S/C21H27NO2/c1-4-16-5-7-17(8-6-16)20(23)13-22-15(3)18-9-10-21-19(12-18)11-14(2)24-21/h5-10,12,14-15,20,22-23H,4,11,13H2,1-3H3/t14?,15-,20?/m0/s1. The third-order valence-corrected chi connectivity index (χ3v) is 4.81. The average molecular weight is 325 g/mol. The number of benzene rings is 2. The molecule has 0 amide bonds. The van der Waals surface area contributed by atoms with Crippen molar-refractivity contribution in [2.24, 2.45) is 0 Å². The molecule has 0 fully saturated rings. The Morgan fingerprint density at radius 1 is 1.17 bits per heavy atom. The van der Waals surface area contributed by atoms with E-state index in [-0.39, 0.29) is 12.1 Å². The molecule has 0 aliphatic carbocycles. The van der Waals surface area contributed by atoms with Crippen molar-refractivity contribution >= 4 is 0 Å². The summed E-state index contributed by atoms with van der Waals surface area (Å²) in [7, 11) is 0. The van der Waals surface area contributed by atoms with Crippen molar-refractivity contribution in [3.8, 4) is 5.75 Å². The van der Waals surface area contributed by atoms with Crippen LogP contribution in [0.25, 0.3) is 0 Å². The Hall–Kier alpha value is -1.84. The summed E-state index contributed by atoms with van der Waals surface area (Å²) >= 11 is 0. The lowest BCUT2D eigenvalue weighted by molar-refractivity contribution is 0.171. The number of ether oxygens (including phenoxy) is 1. The highest BCUT2D eigenvalue weighted by Gasteiger charge is 2.20. The van der Waals surface area contributed by atoms with Gasteiger partial charge in [-0.2, -0.15) is 0 Å². The number of aliphatic hydroxyl groups is 1. The zero-order chi connectivity index (χ0) is 17.1. The second kappa shape index (κ2) is 7.37. The summed E-state index contributed by atoms with van der Waals surface area (Å²) in [4.78, 5) is 0. The zero-order valence-corrected chi connectivity index (χ0v) is 14.8. The zero-order valence-electron chi connectivity index (χ0n) is 14.8. The van der Waals surface area contributed by atoms with Gasteiger partial charge in [0.05, 0.1) is 6.10 Å². The first-order valence-corrected chi connectivity index (χ1v) is 8.86. The second-order valence-corrected chi connectivity index (χ2v) is 6.74. The first kappa shape index (κ1) is 17.0. The molecular weight excluding hydrogens is 298 g/mol. The van der Waals surface area contributed by atoms with Gasteiger partial charge in [-0.3, -0.25) is 0 Å². The topological polar surface area (TPSA) is 41.5 Å². The van der Waals surface area contributed by atoms with Crippen LogP contribution in [-0.4, -0.2) is 17.8 Å². The van der Waals surface area contributed by atoms with Crippen molar-refractivity contribution in [1.29, 1.82) is 0 Å². The Labute approximate surface area is 144 Å². The highest BCUT2D eigenvalue weighted by Crippen LogP contribution is 2.31. The Kier molecular flexibility index (Phi) is 5.22. The van der Waals surface area contributed by atoms with E-state index in [1.54, 1.807) is 0 Å². The molecule has 3 nitrogen and oxygen atoms in total. The minimum atomic E-state index is -0.490. The summed E-state index contributed by atoms with van der Waals surface area (Å²) in [5, 5.41) is 13.8. The summed E-state index contributed by atoms with van der Waals surface area (Å²) in [6.07, 6.45) is 1.77. The molecule has 1 aliphatic rings. The molecule has 0 radical (unpaired) electrons. The smallest absolute Gasteiger partial charge is 0.123 e. The first-order chi connectivity index (χ1) is 11.6. The van der Waals surface area contributed by atoms with E-state index in [2.05, 4.69) is 56.4 Å². The molecule has 0 aromatic heterocycles. The summed E-state index contributed by atoms with van der Waals surface area (Å²) in [5.41, 5.74) is 4.77. The van der Waals surface area contributed by atoms with Crippen LogP contribution in [0.15, 0.2) is 42.5 Å². The van der Waals surface area contributed by atoms with Crippen molar-refractivity contribution in [2.75, 3.05) is 6.54 Å². The lowest BCUT2D eigenvalue weighted by Gasteiger charge is -2.18. The summed E-state index contributed by atoms with van der Waals surface area (Å²) in [6, 6.07) is 14.8. The maximum atomic E-state index is 10.4. The highest BCUT2D eigenvalue weighted by atomic mass is 16.5. The molecule has 24 heavy (non-hydrogen) atoms. The monoisotopic (exact) mass is 325 g/mol. The first-order valence-electron chi connectivity index (χ1n) is 8.86. The molecule has 1 heterocycles. The molecule has 0 saturated carbocycles. The van der Waals surface area contributed by atoms with Gasteiger partial charge >= 0.3 is 0 Å². The van der Waals surface area contributed by atoms with E-state index in [4.69, 9.17) is 4.74 Å². The number of aliphatic hydroxyl groups excluding tert-OH is 1. The number of nitrogens with one attached hydrogen (secondary N) is 1. The Bertz CT molecular complexity index is 681. The molecular formula is C21H27NO2. The van der Waals surface area contributed by atoms with Gasteiger partial charge in [0.2, 0.25) is 0 Å². The normalized spacial score (nSPS) is 18.8. The third-order valence-electron chi connectivity index (χ3n) is 4.81. The van der Waals surface area contributed by atoms with Crippen LogP contribution < -0.4 is 10.1 Å². The fraction of sp³-hybridized carbons (Fsp3) is 0.429. The van der Waals surface area contributed by atoms with Gasteiger partial charge in [-0.1, -0.05) is 43.3 Å². The predicted octanol–water partition coefficient (Wildman–Crippen LogP) is 3.96. The Morgan fingerprint density at radius 2 is 1.88 bits per heavy atom. The van der Waals surface area contributed by atoms with E-state index in [1.165, 1.54) is 16.7 Å². The third kappa shape index (κ3) is 3.80. The van der Waals surface area contributed by atoms with Crippen LogP contribution in [0.4, 0.5) is 0 Å². The lowest BCUT2D eigenvalue weighted by atomic mass is 10.0. The number of hydrogen-bond acceptors (Lipinski definition) is 3. The molecule has 0 saturated heterocycles. The molecule has 3 atom stereocenters. The number of aryl methyl sites for hydroxylation is 1. The van der Waals surface area contributed by atoms with E-state index in [1.807, 2.05) is 12.1 Å². The number of fused-ring (bicyclic) bond motifs is 1. The van der Waals surface area contributed by atoms with Gasteiger partial charge in [-0.15, -0.1) is 0 Å². The van der Waals surface area contributed by atoms with Crippen LogP contribution in [0.3, 0.4) is 0 Å². The maximum Gasteiger partial charge on any atom is 0.123 e. The molecule has 1 aliphatic heterocycles. The number of hydrogen-bond donors (Lipinski definition) is 2. The van der Waals surface area contributed by atoms with Crippen molar-refractivity contribution in [2.45, 2.75) is 51.9 Å². The molecule has 3 rings (SSSR count). The quantitative estimate of drug-likeness (QED) is 0.845. The van der Waals surface area contributed by atoms with Crippen LogP contribution >= 0.6 is 0 Å². The van der Waals surface area contributed by atoms with Crippen molar-refractivity contribution in [1.82, 2.24) is 5.32 Å². The second-order valence-electron chi connectivity index (χ2n) is 6.74. The van der Waals surface area contributed by atoms with Crippen LogP contribution in [0.2, 0.25) is 0 Å². The van der Waals surface area contributed by atoms with Gasteiger partial charge in [-0.25, -0.2) is 0 Å². The molecule has 2 N–H and O–H groups in total. The SMILES string of the molecule is CCc1ccc(C(O)CN[C@@H](C)c2ccc3c(c2)CC(C)O3)cc1. The number of rotatable bonds is 6. The van der Waals surface area contributed by atoms with Gasteiger partial charge in [0.15, 0.2) is 0 Å². The maximum absolute atomic E-state index is 10.4. The molecule has 0 bridgehead atoms. The summed E-state index contributed by atoms with van der Waals surface area (Å²) in [5.74, 6) is 1.01. The van der Waals surface area contributed by atoms with Gasteiger partial charge in [-0.05, 0) is 48.6 Å². The molecule has 2 aromatic rings. The Balaban J connectivity index is 1.58. The minimum absolute atomic E-state index is 0.191. The van der Waals surface area contributed by atoms with Crippen LogP contribution in [-0.2, 0) is 12.8 Å². The molecule has 2 aromatic carbocycles. The predicted molar refractivity (Wildman–Crippen MR) is 97.4 cm³/mol. The van der Waals surface area contributed by atoms with E-state index >= 15 is 0 Å².